The Morgan fingerprint density at radius 3 is 0.636 bits per heavy atom. The van der Waals surface area contributed by atoms with E-state index in [1.54, 1.807) is 0 Å². The van der Waals surface area contributed by atoms with Gasteiger partial charge in [-0.05, 0) is 43.4 Å². The molecule has 0 saturated carbocycles. The van der Waals surface area contributed by atoms with E-state index in [2.05, 4.69) is 48.5 Å². The maximum Gasteiger partial charge on any atom is 0.472 e. The fourth-order valence-corrected chi connectivity index (χ4v) is 15.3. The molecule has 0 heterocycles. The van der Waals surface area contributed by atoms with Gasteiger partial charge in [-0.2, -0.15) is 0 Å². The Hall–Kier alpha value is -1.94. The van der Waals surface area contributed by atoms with Crippen molar-refractivity contribution >= 4 is 39.5 Å². The second kappa shape index (κ2) is 78.0. The third kappa shape index (κ3) is 81.9. The Morgan fingerprint density at radius 1 is 0.252 bits per heavy atom. The predicted molar refractivity (Wildman–Crippen MR) is 441 cm³/mol. The number of ether oxygens (including phenoxy) is 4. The summed E-state index contributed by atoms with van der Waals surface area (Å²) in [4.78, 5) is 73.3. The van der Waals surface area contributed by atoms with Crippen LogP contribution >= 0.6 is 15.6 Å². The van der Waals surface area contributed by atoms with Crippen LogP contribution in [0, 0.1) is 17.8 Å². The zero-order chi connectivity index (χ0) is 78.6. The van der Waals surface area contributed by atoms with Crippen LogP contribution in [0.25, 0.3) is 0 Å². The molecule has 0 radical (unpaired) electrons. The van der Waals surface area contributed by atoms with Gasteiger partial charge in [0.25, 0.3) is 0 Å². The molecule has 3 N–H and O–H groups in total. The van der Waals surface area contributed by atoms with Gasteiger partial charge in [0.1, 0.15) is 19.3 Å². The average Bonchev–Trinajstić information content (AvgIpc) is 0.901. The third-order valence-corrected chi connectivity index (χ3v) is 22.5. The van der Waals surface area contributed by atoms with Crippen LogP contribution in [0.15, 0.2) is 0 Å². The van der Waals surface area contributed by atoms with Gasteiger partial charge >= 0.3 is 39.5 Å². The maximum absolute atomic E-state index is 13.2. The zero-order valence-electron chi connectivity index (χ0n) is 70.6. The first-order valence-corrected chi connectivity index (χ1v) is 48.3. The molecule has 107 heavy (non-hydrogen) atoms. The van der Waals surface area contributed by atoms with Crippen molar-refractivity contribution in [3.63, 3.8) is 0 Å². The molecule has 19 heteroatoms. The summed E-state index contributed by atoms with van der Waals surface area (Å²) >= 11 is 0. The first-order valence-electron chi connectivity index (χ1n) is 45.3. The van der Waals surface area contributed by atoms with Crippen molar-refractivity contribution in [2.75, 3.05) is 39.6 Å². The van der Waals surface area contributed by atoms with Gasteiger partial charge in [0.2, 0.25) is 0 Å². The smallest absolute Gasteiger partial charge is 0.462 e. The highest BCUT2D eigenvalue weighted by molar-refractivity contribution is 7.47. The summed E-state index contributed by atoms with van der Waals surface area (Å²) in [5.74, 6) is 0.276. The lowest BCUT2D eigenvalue weighted by Gasteiger charge is -2.21. The molecule has 636 valence electrons. The summed E-state index contributed by atoms with van der Waals surface area (Å²) in [6, 6.07) is 0. The molecule has 5 atom stereocenters. The number of esters is 4. The molecule has 0 aliphatic rings. The monoisotopic (exact) mass is 1560 g/mol. The lowest BCUT2D eigenvalue weighted by Crippen LogP contribution is -2.30. The van der Waals surface area contributed by atoms with E-state index in [1.165, 1.54) is 276 Å². The first-order chi connectivity index (χ1) is 51.7. The molecule has 0 amide bonds. The van der Waals surface area contributed by atoms with E-state index in [1.807, 2.05) is 0 Å². The normalized spacial score (nSPS) is 13.8. The topological polar surface area (TPSA) is 237 Å². The van der Waals surface area contributed by atoms with E-state index >= 15 is 0 Å². The molecule has 0 rings (SSSR count). The number of phosphoric acid groups is 2. The Kier molecular flexibility index (Phi) is 76.6. The highest BCUT2D eigenvalue weighted by atomic mass is 31.2. The summed E-state index contributed by atoms with van der Waals surface area (Å²) in [6.45, 7) is 12.0. The molecule has 0 saturated heterocycles. The SMILES string of the molecule is CCCCCCCCCCCCCCCCCC(=O)O[C@H](COC(=O)CCCCCCCCCCCC(C)C)COP(=O)(O)OC[C@H](O)COP(=O)(O)OC[C@@H](COC(=O)CCCCCCCCCCCCCCCCCCC(C)C)OC(=O)CCCCCCCCCCCCCCCCCCCCC(C)C. The van der Waals surface area contributed by atoms with Gasteiger partial charge in [0, 0.05) is 25.7 Å². The minimum Gasteiger partial charge on any atom is -0.462 e. The predicted octanol–water partition coefficient (Wildman–Crippen LogP) is 26.9. The van der Waals surface area contributed by atoms with Crippen LogP contribution in [0.5, 0.6) is 0 Å². The van der Waals surface area contributed by atoms with Crippen LogP contribution < -0.4 is 0 Å². The molecular formula is C88H172O17P2. The largest absolute Gasteiger partial charge is 0.472 e. The highest BCUT2D eigenvalue weighted by Crippen LogP contribution is 2.45. The van der Waals surface area contributed by atoms with Crippen molar-refractivity contribution in [1.29, 1.82) is 0 Å². The van der Waals surface area contributed by atoms with Gasteiger partial charge in [-0.25, -0.2) is 9.13 Å². The fourth-order valence-electron chi connectivity index (χ4n) is 13.7. The lowest BCUT2D eigenvalue weighted by atomic mass is 10.0. The van der Waals surface area contributed by atoms with Gasteiger partial charge in [0.15, 0.2) is 12.2 Å². The summed E-state index contributed by atoms with van der Waals surface area (Å²) in [6.07, 6.45) is 69.4. The van der Waals surface area contributed by atoms with Crippen molar-refractivity contribution in [1.82, 2.24) is 0 Å². The van der Waals surface area contributed by atoms with Crippen molar-refractivity contribution in [2.45, 2.75) is 484 Å². The highest BCUT2D eigenvalue weighted by Gasteiger charge is 2.31. The number of unbranched alkanes of at least 4 members (excludes halogenated alkanes) is 54. The van der Waals surface area contributed by atoms with Crippen LogP contribution in [0.3, 0.4) is 0 Å². The molecular weight excluding hydrogens is 1390 g/mol. The zero-order valence-corrected chi connectivity index (χ0v) is 72.4. The summed E-state index contributed by atoms with van der Waals surface area (Å²) in [7, 11) is -9.93. The van der Waals surface area contributed by atoms with E-state index in [4.69, 9.17) is 37.0 Å². The Morgan fingerprint density at radius 2 is 0.430 bits per heavy atom. The Bertz CT molecular complexity index is 2060. The van der Waals surface area contributed by atoms with Gasteiger partial charge in [-0.1, -0.05) is 414 Å². The molecule has 0 aromatic heterocycles. The number of aliphatic hydroxyl groups is 1. The fraction of sp³-hybridized carbons (Fsp3) is 0.955. The third-order valence-electron chi connectivity index (χ3n) is 20.6. The first kappa shape index (κ1) is 105. The summed E-state index contributed by atoms with van der Waals surface area (Å²) in [5.41, 5.74) is 0. The molecule has 0 spiro atoms. The van der Waals surface area contributed by atoms with Crippen molar-refractivity contribution in [3.05, 3.63) is 0 Å². The van der Waals surface area contributed by atoms with Gasteiger partial charge < -0.3 is 33.8 Å². The molecule has 2 unspecified atom stereocenters. The van der Waals surface area contributed by atoms with E-state index < -0.39 is 97.5 Å². The van der Waals surface area contributed by atoms with Crippen LogP contribution in [-0.4, -0.2) is 96.7 Å². The average molecular weight is 1560 g/mol. The number of hydrogen-bond donors (Lipinski definition) is 3. The minimum absolute atomic E-state index is 0.108. The Balaban J connectivity index is 5.25. The van der Waals surface area contributed by atoms with Crippen LogP contribution in [-0.2, 0) is 65.4 Å². The maximum atomic E-state index is 13.2. The van der Waals surface area contributed by atoms with E-state index in [0.717, 1.165) is 108 Å². The number of aliphatic hydroxyl groups excluding tert-OH is 1. The lowest BCUT2D eigenvalue weighted by molar-refractivity contribution is -0.161. The van der Waals surface area contributed by atoms with Crippen LogP contribution in [0.4, 0.5) is 0 Å². The van der Waals surface area contributed by atoms with Gasteiger partial charge in [-0.3, -0.25) is 37.3 Å². The van der Waals surface area contributed by atoms with E-state index in [-0.39, 0.29) is 25.7 Å². The summed E-state index contributed by atoms with van der Waals surface area (Å²) in [5, 5.41) is 10.7. The van der Waals surface area contributed by atoms with Gasteiger partial charge in [0.05, 0.1) is 26.4 Å². The molecule has 0 aliphatic carbocycles. The van der Waals surface area contributed by atoms with Crippen molar-refractivity contribution < 1.29 is 80.2 Å². The molecule has 0 aromatic carbocycles. The number of carbonyl (C=O) groups excluding carboxylic acids is 4. The van der Waals surface area contributed by atoms with Crippen molar-refractivity contribution in [3.8, 4) is 0 Å². The number of carbonyl (C=O) groups is 4. The van der Waals surface area contributed by atoms with Crippen LogP contribution in [0.2, 0.25) is 0 Å². The molecule has 0 fully saturated rings. The second-order valence-electron chi connectivity index (χ2n) is 33.1. The van der Waals surface area contributed by atoms with E-state index in [9.17, 15) is 43.2 Å². The van der Waals surface area contributed by atoms with E-state index in [0.29, 0.717) is 25.7 Å². The second-order valence-corrected chi connectivity index (χ2v) is 36.0. The van der Waals surface area contributed by atoms with Crippen LogP contribution in [0.1, 0.15) is 466 Å². The molecule has 0 bridgehead atoms. The number of hydrogen-bond acceptors (Lipinski definition) is 15. The quantitative estimate of drug-likeness (QED) is 0.0222. The summed E-state index contributed by atoms with van der Waals surface area (Å²) < 4.78 is 69.0. The standard InChI is InChI=1S/C88H172O17P2/c1-8-9-10-11-12-13-14-15-22-30-35-42-50-57-64-71-87(92)105-84(76-99-86(91)70-63-56-49-44-37-40-47-54-61-68-81(6)7)78-103-107(96,97)101-74-82(89)73-100-106(94,95)102-77-83(75-98-85(90)69-62-55-48-41-34-29-25-21-20-24-28-33-39-46-53-60-67-80(4)5)104-88(93)72-65-58-51-43-36-31-26-19-17-16-18-23-27-32-38-45-52-59-66-79(2)3/h79-84,89H,8-78H2,1-7H3,(H,94,95)(H,96,97)/t82-,83-,84-/m1/s1. The Labute approximate surface area is 658 Å². The molecule has 0 aliphatic heterocycles. The van der Waals surface area contributed by atoms with Crippen molar-refractivity contribution in [2.24, 2.45) is 17.8 Å². The number of phosphoric ester groups is 2. The molecule has 0 aromatic rings. The minimum atomic E-state index is -4.97. The number of rotatable bonds is 86. The van der Waals surface area contributed by atoms with Gasteiger partial charge in [-0.15, -0.1) is 0 Å². The molecule has 17 nitrogen and oxygen atoms in total.